The Hall–Kier alpha value is -2.82. The average Bonchev–Trinajstić information content (AvgIpc) is 3.06. The number of aromatic nitrogens is 4. The summed E-state index contributed by atoms with van der Waals surface area (Å²) < 4.78 is 1.82. The van der Waals surface area contributed by atoms with Crippen molar-refractivity contribution in [3.8, 4) is 0 Å². The summed E-state index contributed by atoms with van der Waals surface area (Å²) >= 11 is 7.53. The maximum Gasteiger partial charge on any atom is 0.250 e. The lowest BCUT2D eigenvalue weighted by atomic mass is 9.73. The quantitative estimate of drug-likeness (QED) is 0.525. The van der Waals surface area contributed by atoms with Gasteiger partial charge in [-0.15, -0.1) is 0 Å². The van der Waals surface area contributed by atoms with Crippen molar-refractivity contribution in [2.45, 2.75) is 35.3 Å². The van der Waals surface area contributed by atoms with Crippen LogP contribution < -0.4 is 27.7 Å². The fraction of sp³-hybridized carbons (Fsp3) is 0.333. The lowest BCUT2D eigenvalue weighted by molar-refractivity contribution is 0.173. The zero-order valence-corrected chi connectivity index (χ0v) is 18.8. The van der Waals surface area contributed by atoms with Crippen molar-refractivity contribution in [3.05, 3.63) is 57.7 Å². The van der Waals surface area contributed by atoms with E-state index in [0.29, 0.717) is 22.4 Å². The number of anilines is 3. The highest BCUT2D eigenvalue weighted by Gasteiger charge is 2.46. The first-order valence-electron chi connectivity index (χ1n) is 10.3. The number of rotatable bonds is 3. The Bertz CT molecular complexity index is 1240. The molecule has 5 rings (SSSR count). The zero-order chi connectivity index (χ0) is 22.5. The minimum atomic E-state index is -0.147. The summed E-state index contributed by atoms with van der Waals surface area (Å²) in [4.78, 5) is 28.2. The largest absolute Gasteiger partial charge is 0.382 e. The van der Waals surface area contributed by atoms with E-state index in [1.807, 2.05) is 10.6 Å². The molecule has 2 aliphatic rings. The number of hydrogen-bond acceptors (Lipinski definition) is 9. The molecule has 166 valence electrons. The maximum atomic E-state index is 12.3. The average molecular weight is 471 g/mol. The van der Waals surface area contributed by atoms with Gasteiger partial charge in [-0.2, -0.15) is 0 Å². The van der Waals surface area contributed by atoms with Crippen molar-refractivity contribution in [3.63, 3.8) is 0 Å². The van der Waals surface area contributed by atoms with Gasteiger partial charge in [-0.25, -0.2) is 15.0 Å². The third kappa shape index (κ3) is 3.48. The first kappa shape index (κ1) is 21.0. The van der Waals surface area contributed by atoms with Gasteiger partial charge in [0.15, 0.2) is 5.82 Å². The Labute approximate surface area is 194 Å². The van der Waals surface area contributed by atoms with Crippen LogP contribution in [0.4, 0.5) is 17.5 Å². The molecule has 5 heterocycles. The molecule has 2 aliphatic heterocycles. The van der Waals surface area contributed by atoms with Crippen LogP contribution >= 0.6 is 23.4 Å². The third-order valence-corrected chi connectivity index (χ3v) is 8.03. The molecule has 3 aromatic heterocycles. The van der Waals surface area contributed by atoms with Crippen LogP contribution in [-0.4, -0.2) is 32.6 Å². The van der Waals surface area contributed by atoms with Crippen molar-refractivity contribution < 1.29 is 0 Å². The topological polar surface area (TPSA) is 142 Å². The SMILES string of the molecule is Nc1nc(N2CCC3(CC2)Cn2c(cccc2=O)[C@H]3N)cnc1Sc1ccnc(N)c1Cl. The van der Waals surface area contributed by atoms with Crippen molar-refractivity contribution in [1.82, 2.24) is 19.5 Å². The van der Waals surface area contributed by atoms with Crippen LogP contribution in [0.5, 0.6) is 0 Å². The first-order valence-corrected chi connectivity index (χ1v) is 11.5. The molecular formula is C21H23ClN8OS. The van der Waals surface area contributed by atoms with Crippen LogP contribution in [0.1, 0.15) is 24.6 Å². The summed E-state index contributed by atoms with van der Waals surface area (Å²) in [6, 6.07) is 6.95. The molecule has 1 fully saturated rings. The van der Waals surface area contributed by atoms with Crippen molar-refractivity contribution >= 4 is 40.8 Å². The van der Waals surface area contributed by atoms with E-state index in [1.54, 1.807) is 30.6 Å². The van der Waals surface area contributed by atoms with E-state index >= 15 is 0 Å². The number of piperidine rings is 1. The van der Waals surface area contributed by atoms with E-state index < -0.39 is 0 Å². The Morgan fingerprint density at radius 2 is 1.91 bits per heavy atom. The second-order valence-electron chi connectivity index (χ2n) is 8.23. The van der Waals surface area contributed by atoms with Crippen LogP contribution in [0, 0.1) is 5.41 Å². The molecule has 9 nitrogen and oxygen atoms in total. The second kappa shape index (κ2) is 7.95. The van der Waals surface area contributed by atoms with Crippen LogP contribution in [0.3, 0.4) is 0 Å². The van der Waals surface area contributed by atoms with Gasteiger partial charge in [0.25, 0.3) is 5.56 Å². The molecular weight excluding hydrogens is 448 g/mol. The van der Waals surface area contributed by atoms with Gasteiger partial charge < -0.3 is 26.7 Å². The molecule has 1 saturated heterocycles. The predicted molar refractivity (Wildman–Crippen MR) is 126 cm³/mol. The summed E-state index contributed by atoms with van der Waals surface area (Å²) in [5.74, 6) is 1.32. The molecule has 32 heavy (non-hydrogen) atoms. The second-order valence-corrected chi connectivity index (χ2v) is 9.64. The summed E-state index contributed by atoms with van der Waals surface area (Å²) in [5.41, 5.74) is 19.4. The highest BCUT2D eigenvalue weighted by Crippen LogP contribution is 2.47. The van der Waals surface area contributed by atoms with E-state index in [-0.39, 0.29) is 22.8 Å². The third-order valence-electron chi connectivity index (χ3n) is 6.46. The Morgan fingerprint density at radius 1 is 1.12 bits per heavy atom. The summed E-state index contributed by atoms with van der Waals surface area (Å²) in [7, 11) is 0. The van der Waals surface area contributed by atoms with Crippen molar-refractivity contribution in [1.29, 1.82) is 0 Å². The fourth-order valence-corrected chi connectivity index (χ4v) is 5.61. The van der Waals surface area contributed by atoms with Crippen LogP contribution in [0.2, 0.25) is 5.02 Å². The van der Waals surface area contributed by atoms with Gasteiger partial charge >= 0.3 is 0 Å². The van der Waals surface area contributed by atoms with Crippen LogP contribution in [-0.2, 0) is 6.54 Å². The number of halogens is 1. The number of fused-ring (bicyclic) bond motifs is 1. The number of hydrogen-bond donors (Lipinski definition) is 3. The van der Waals surface area contributed by atoms with Gasteiger partial charge in [-0.3, -0.25) is 4.79 Å². The van der Waals surface area contributed by atoms with Crippen molar-refractivity contribution in [2.75, 3.05) is 29.5 Å². The Morgan fingerprint density at radius 3 is 2.62 bits per heavy atom. The van der Waals surface area contributed by atoms with Gasteiger partial charge in [-0.05, 0) is 25.0 Å². The molecule has 1 atom stereocenters. The molecule has 11 heteroatoms. The van der Waals surface area contributed by atoms with Crippen molar-refractivity contribution in [2.24, 2.45) is 11.1 Å². The maximum absolute atomic E-state index is 12.3. The summed E-state index contributed by atoms with van der Waals surface area (Å²) in [5, 5.41) is 0.930. The molecule has 0 unspecified atom stereocenters. The van der Waals surface area contributed by atoms with Crippen LogP contribution in [0.15, 0.2) is 51.4 Å². The van der Waals surface area contributed by atoms with E-state index in [4.69, 9.17) is 28.8 Å². The summed E-state index contributed by atoms with van der Waals surface area (Å²) in [6.45, 7) is 2.20. The molecule has 0 radical (unpaired) electrons. The molecule has 3 aromatic rings. The molecule has 0 amide bonds. The number of pyridine rings is 2. The highest BCUT2D eigenvalue weighted by atomic mass is 35.5. The van der Waals surface area contributed by atoms with E-state index in [2.05, 4.69) is 19.9 Å². The predicted octanol–water partition coefficient (Wildman–Crippen LogP) is 2.30. The number of nitrogen functional groups attached to an aromatic ring is 2. The lowest BCUT2D eigenvalue weighted by Crippen LogP contribution is -2.45. The lowest BCUT2D eigenvalue weighted by Gasteiger charge is -2.41. The van der Waals surface area contributed by atoms with Gasteiger partial charge in [0.2, 0.25) is 0 Å². The van der Waals surface area contributed by atoms with Gasteiger partial charge in [0.1, 0.15) is 16.7 Å². The van der Waals surface area contributed by atoms with E-state index in [0.717, 1.165) is 42.3 Å². The van der Waals surface area contributed by atoms with E-state index in [1.165, 1.54) is 11.8 Å². The van der Waals surface area contributed by atoms with E-state index in [9.17, 15) is 4.79 Å². The van der Waals surface area contributed by atoms with Gasteiger partial charge in [0.05, 0.1) is 17.3 Å². The highest BCUT2D eigenvalue weighted by molar-refractivity contribution is 7.99. The monoisotopic (exact) mass is 470 g/mol. The molecule has 0 aliphatic carbocycles. The number of nitrogens with two attached hydrogens (primary N) is 3. The standard InChI is InChI=1S/C21H23ClN8OS/c22-16-13(4-7-26-18(16)24)32-20-19(25)28-14(10-27-20)29-8-5-21(6-9-29)11-30-12(17(21)23)2-1-3-15(30)31/h1-4,7,10,17H,5-6,8-9,11,23H2,(H2,24,26)(H2,25,28)/t17-/m1/s1. The molecule has 6 N–H and O–H groups in total. The Balaban J connectivity index is 1.30. The van der Waals surface area contributed by atoms with Gasteiger partial charge in [0, 0.05) is 47.9 Å². The molecule has 0 aromatic carbocycles. The fourth-order valence-electron chi connectivity index (χ4n) is 4.59. The molecule has 0 saturated carbocycles. The minimum Gasteiger partial charge on any atom is -0.382 e. The molecule has 0 bridgehead atoms. The summed E-state index contributed by atoms with van der Waals surface area (Å²) in [6.07, 6.45) is 5.03. The zero-order valence-electron chi connectivity index (χ0n) is 17.2. The normalized spacial score (nSPS) is 19.3. The smallest absolute Gasteiger partial charge is 0.250 e. The van der Waals surface area contributed by atoms with Crippen LogP contribution in [0.25, 0.3) is 0 Å². The number of nitrogens with zero attached hydrogens (tertiary/aromatic N) is 5. The van der Waals surface area contributed by atoms with Gasteiger partial charge in [-0.1, -0.05) is 29.4 Å². The minimum absolute atomic E-state index is 0.0139. The first-order chi connectivity index (χ1) is 15.4. The molecule has 1 spiro atoms. The Kier molecular flexibility index (Phi) is 5.23.